The second-order valence-electron chi connectivity index (χ2n) is 6.27. The molecule has 1 N–H and O–H groups in total. The van der Waals surface area contributed by atoms with Crippen LogP contribution in [0.15, 0.2) is 101 Å². The van der Waals surface area contributed by atoms with E-state index in [-0.39, 0.29) is 6.04 Å². The molecule has 0 fully saturated rings. The van der Waals surface area contributed by atoms with Crippen molar-refractivity contribution in [3.8, 4) is 11.8 Å². The number of thiol groups is 1. The molecular formula is C24H20NS. The highest BCUT2D eigenvalue weighted by Gasteiger charge is 2.17. The van der Waals surface area contributed by atoms with E-state index in [9.17, 15) is 0 Å². The maximum atomic E-state index is 3.55. The lowest BCUT2D eigenvalue weighted by atomic mass is 9.97. The van der Waals surface area contributed by atoms with E-state index in [1.54, 1.807) is 0 Å². The van der Waals surface area contributed by atoms with Crippen molar-refractivity contribution >= 4 is 18.0 Å². The van der Waals surface area contributed by atoms with E-state index in [0.717, 1.165) is 23.9 Å². The van der Waals surface area contributed by atoms with E-state index in [0.29, 0.717) is 0 Å². The highest BCUT2D eigenvalue weighted by Crippen LogP contribution is 2.30. The quantitative estimate of drug-likeness (QED) is 0.568. The maximum absolute atomic E-state index is 3.55. The van der Waals surface area contributed by atoms with Crippen LogP contribution in [-0.4, -0.2) is 6.04 Å². The number of hydrogen-bond acceptors (Lipinski definition) is 1. The number of hydrogen-bond donors (Lipinski definition) is 2. The summed E-state index contributed by atoms with van der Waals surface area (Å²) in [5.74, 6) is 6.59. The molecule has 0 bridgehead atoms. The molecule has 1 aliphatic carbocycles. The SMILES string of the molecule is C(#CC1=CC2=C/C(=C\c3ccccc3)[SH]NC2C=C1)Cc1ccccc1. The van der Waals surface area contributed by atoms with Gasteiger partial charge in [-0.25, -0.2) is 0 Å². The minimum Gasteiger partial charge on any atom is -0.260 e. The Bertz CT molecular complexity index is 954. The van der Waals surface area contributed by atoms with Crippen LogP contribution in [0.1, 0.15) is 11.1 Å². The van der Waals surface area contributed by atoms with Crippen LogP contribution in [0.4, 0.5) is 0 Å². The minimum absolute atomic E-state index is 0.282. The van der Waals surface area contributed by atoms with Crippen LogP contribution < -0.4 is 4.72 Å². The van der Waals surface area contributed by atoms with Gasteiger partial charge in [-0.2, -0.15) is 0 Å². The monoisotopic (exact) mass is 354 g/mol. The number of benzene rings is 2. The topological polar surface area (TPSA) is 12.0 Å². The summed E-state index contributed by atoms with van der Waals surface area (Å²) in [5.41, 5.74) is 4.83. The maximum Gasteiger partial charge on any atom is 0.0599 e. The Morgan fingerprint density at radius 3 is 2.54 bits per heavy atom. The standard InChI is InChI=1S/C24H20NS/c1-3-8-19(9-4-1)12-7-13-21-14-15-24-22(16-21)18-23(26-25-24)17-20-10-5-2-6-11-20/h1-6,8-11,14-18,24-26H,12H2/b23-17+. The van der Waals surface area contributed by atoms with E-state index in [2.05, 4.69) is 95.5 Å². The molecule has 1 unspecified atom stereocenters. The second kappa shape index (κ2) is 8.10. The third-order valence-corrected chi connectivity index (χ3v) is 5.20. The van der Waals surface area contributed by atoms with Crippen LogP contribution in [0.3, 0.4) is 0 Å². The predicted octanol–water partition coefficient (Wildman–Crippen LogP) is 5.05. The molecule has 0 spiro atoms. The lowest BCUT2D eigenvalue weighted by Gasteiger charge is -2.25. The molecule has 127 valence electrons. The number of fused-ring (bicyclic) bond motifs is 1. The molecule has 1 nitrogen and oxygen atoms in total. The summed E-state index contributed by atoms with van der Waals surface area (Å²) in [6, 6.07) is 21.1. The summed E-state index contributed by atoms with van der Waals surface area (Å²) < 4.78 is 3.55. The Morgan fingerprint density at radius 1 is 0.962 bits per heavy atom. The molecule has 1 heterocycles. The molecule has 4 rings (SSSR count). The number of allylic oxidation sites excluding steroid dienone is 3. The van der Waals surface area contributed by atoms with E-state index >= 15 is 0 Å². The molecule has 2 aliphatic rings. The van der Waals surface area contributed by atoms with Crippen LogP contribution in [0.5, 0.6) is 0 Å². The van der Waals surface area contributed by atoms with Crippen molar-refractivity contribution in [1.82, 2.24) is 4.72 Å². The molecular weight excluding hydrogens is 334 g/mol. The normalized spacial score (nSPS) is 19.8. The van der Waals surface area contributed by atoms with Crippen LogP contribution in [0.25, 0.3) is 6.08 Å². The average molecular weight is 354 g/mol. The van der Waals surface area contributed by atoms with Crippen LogP contribution in [0, 0.1) is 11.8 Å². The van der Waals surface area contributed by atoms with Gasteiger partial charge in [0.1, 0.15) is 0 Å². The van der Waals surface area contributed by atoms with Crippen molar-refractivity contribution in [3.05, 3.63) is 112 Å². The number of nitrogens with one attached hydrogen (secondary N) is 1. The fourth-order valence-corrected chi connectivity index (χ4v) is 3.89. The Balaban J connectivity index is 1.52. The van der Waals surface area contributed by atoms with Crippen molar-refractivity contribution < 1.29 is 0 Å². The van der Waals surface area contributed by atoms with E-state index in [4.69, 9.17) is 0 Å². The van der Waals surface area contributed by atoms with Crippen molar-refractivity contribution in [3.63, 3.8) is 0 Å². The zero-order valence-corrected chi connectivity index (χ0v) is 15.3. The van der Waals surface area contributed by atoms with E-state index in [1.165, 1.54) is 21.6 Å². The first-order valence-corrected chi connectivity index (χ1v) is 9.63. The van der Waals surface area contributed by atoms with Crippen molar-refractivity contribution in [1.29, 1.82) is 0 Å². The van der Waals surface area contributed by atoms with Gasteiger partial charge in [-0.05, 0) is 41.0 Å². The first kappa shape index (κ1) is 16.7. The molecule has 2 aromatic rings. The Hall–Kier alpha value is -2.73. The molecule has 0 amide bonds. The van der Waals surface area contributed by atoms with Crippen molar-refractivity contribution in [2.75, 3.05) is 0 Å². The lowest BCUT2D eigenvalue weighted by Crippen LogP contribution is -2.27. The van der Waals surface area contributed by atoms with Crippen molar-refractivity contribution in [2.24, 2.45) is 0 Å². The van der Waals surface area contributed by atoms with Gasteiger partial charge in [0.05, 0.1) is 6.04 Å². The zero-order chi connectivity index (χ0) is 17.6. The Morgan fingerprint density at radius 2 is 1.73 bits per heavy atom. The molecule has 0 aromatic heterocycles. The molecule has 26 heavy (non-hydrogen) atoms. The summed E-state index contributed by atoms with van der Waals surface area (Å²) in [5, 5.41) is 0. The van der Waals surface area contributed by atoms with Gasteiger partial charge in [0, 0.05) is 16.9 Å². The fourth-order valence-electron chi connectivity index (χ4n) is 2.94. The lowest BCUT2D eigenvalue weighted by molar-refractivity contribution is 0.885. The van der Waals surface area contributed by atoms with Gasteiger partial charge in [0.25, 0.3) is 0 Å². The van der Waals surface area contributed by atoms with Gasteiger partial charge in [0.15, 0.2) is 0 Å². The van der Waals surface area contributed by atoms with Crippen molar-refractivity contribution in [2.45, 2.75) is 12.5 Å². The smallest absolute Gasteiger partial charge is 0.0599 e. The summed E-state index contributed by atoms with van der Waals surface area (Å²) in [6.45, 7) is 0. The zero-order valence-electron chi connectivity index (χ0n) is 14.4. The highest BCUT2D eigenvalue weighted by atomic mass is 32.2. The van der Waals surface area contributed by atoms with Gasteiger partial charge in [0.2, 0.25) is 0 Å². The first-order chi connectivity index (χ1) is 12.9. The first-order valence-electron chi connectivity index (χ1n) is 8.74. The van der Waals surface area contributed by atoms with Gasteiger partial charge in [-0.15, -0.1) is 11.9 Å². The molecule has 1 radical (unpaired) electrons. The summed E-state index contributed by atoms with van der Waals surface area (Å²) in [7, 11) is 0. The van der Waals surface area contributed by atoms with Gasteiger partial charge in [-0.3, -0.25) is 4.72 Å². The highest BCUT2D eigenvalue weighted by molar-refractivity contribution is 8.01. The molecule has 1 atom stereocenters. The molecule has 0 saturated carbocycles. The van der Waals surface area contributed by atoms with E-state index in [1.807, 2.05) is 12.1 Å². The van der Waals surface area contributed by atoms with E-state index < -0.39 is 0 Å². The molecule has 2 heteroatoms. The third kappa shape index (κ3) is 4.26. The second-order valence-corrected chi connectivity index (χ2v) is 7.26. The summed E-state index contributed by atoms with van der Waals surface area (Å²) in [4.78, 5) is 1.27. The fraction of sp³-hybridized carbons (Fsp3) is 0.0833. The Kier molecular flexibility index (Phi) is 5.21. The largest absolute Gasteiger partial charge is 0.260 e. The van der Waals surface area contributed by atoms with Crippen LogP contribution >= 0.6 is 11.9 Å². The molecule has 2 aromatic carbocycles. The minimum atomic E-state index is 0.282. The van der Waals surface area contributed by atoms with Gasteiger partial charge in [-0.1, -0.05) is 78.6 Å². The number of rotatable bonds is 2. The predicted molar refractivity (Wildman–Crippen MR) is 114 cm³/mol. The third-order valence-electron chi connectivity index (χ3n) is 4.28. The van der Waals surface area contributed by atoms with Crippen LogP contribution in [0.2, 0.25) is 0 Å². The van der Waals surface area contributed by atoms with Gasteiger partial charge >= 0.3 is 0 Å². The van der Waals surface area contributed by atoms with Crippen LogP contribution in [-0.2, 0) is 6.42 Å². The molecule has 0 saturated heterocycles. The van der Waals surface area contributed by atoms with Gasteiger partial charge < -0.3 is 0 Å². The summed E-state index contributed by atoms with van der Waals surface area (Å²) in [6.07, 6.45) is 11.8. The Labute approximate surface area is 159 Å². The average Bonchev–Trinajstić information content (AvgIpc) is 2.69. The summed E-state index contributed by atoms with van der Waals surface area (Å²) >= 11 is 1.15. The molecule has 1 aliphatic heterocycles.